The Morgan fingerprint density at radius 2 is 1.79 bits per heavy atom. The van der Waals surface area contributed by atoms with Gasteiger partial charge in [-0.15, -0.1) is 0 Å². The van der Waals surface area contributed by atoms with E-state index in [1.165, 1.54) is 16.7 Å². The number of nitrogens with zero attached hydrogens (tertiary/aromatic N) is 2. The number of aryl methyl sites for hydroxylation is 4. The van der Waals surface area contributed by atoms with Crippen LogP contribution in [-0.4, -0.2) is 16.6 Å². The molecule has 0 aliphatic carbocycles. The number of ether oxygens (including phenoxy) is 1. The van der Waals surface area contributed by atoms with Crippen LogP contribution in [0.3, 0.4) is 0 Å². The maximum absolute atomic E-state index is 5.67. The minimum absolute atomic E-state index is 0.603. The molecule has 3 heteroatoms. The lowest BCUT2D eigenvalue weighted by molar-refractivity contribution is 0.308. The van der Waals surface area contributed by atoms with Crippen molar-refractivity contribution < 1.29 is 4.74 Å². The molecule has 0 saturated carbocycles. The van der Waals surface area contributed by atoms with Crippen LogP contribution in [0, 0.1) is 27.7 Å². The summed E-state index contributed by atoms with van der Waals surface area (Å²) in [5.41, 5.74) is 5.75. The monoisotopic (exact) mass is 256 g/mol. The van der Waals surface area contributed by atoms with Gasteiger partial charge in [0.1, 0.15) is 0 Å². The van der Waals surface area contributed by atoms with Crippen molar-refractivity contribution in [1.29, 1.82) is 0 Å². The lowest BCUT2D eigenvalue weighted by Crippen LogP contribution is -2.05. The molecular weight excluding hydrogens is 236 g/mol. The maximum atomic E-state index is 5.67. The van der Waals surface area contributed by atoms with Crippen LogP contribution >= 0.6 is 0 Å². The maximum Gasteiger partial charge on any atom is 0.213 e. The van der Waals surface area contributed by atoms with E-state index >= 15 is 0 Å². The van der Waals surface area contributed by atoms with Gasteiger partial charge in [0.05, 0.1) is 6.61 Å². The molecule has 0 amide bonds. The largest absolute Gasteiger partial charge is 0.477 e. The topological polar surface area (TPSA) is 35.0 Å². The fourth-order valence-corrected chi connectivity index (χ4v) is 1.99. The third-order valence-electron chi connectivity index (χ3n) is 3.11. The van der Waals surface area contributed by atoms with Gasteiger partial charge in [0.25, 0.3) is 0 Å². The van der Waals surface area contributed by atoms with E-state index in [0.29, 0.717) is 12.5 Å². The quantitative estimate of drug-likeness (QED) is 0.841. The lowest BCUT2D eigenvalue weighted by Gasteiger charge is -2.08. The second-order valence-corrected chi connectivity index (χ2v) is 4.98. The summed E-state index contributed by atoms with van der Waals surface area (Å²) in [5, 5.41) is 0. The first kappa shape index (κ1) is 13.5. The molecule has 0 bridgehead atoms. The summed E-state index contributed by atoms with van der Waals surface area (Å²) in [4.78, 5) is 8.76. The Labute approximate surface area is 114 Å². The van der Waals surface area contributed by atoms with Crippen LogP contribution in [-0.2, 0) is 6.42 Å². The summed E-state index contributed by atoms with van der Waals surface area (Å²) < 4.78 is 5.67. The zero-order valence-electron chi connectivity index (χ0n) is 12.0. The molecule has 0 aliphatic rings. The van der Waals surface area contributed by atoms with E-state index < -0.39 is 0 Å². The predicted molar refractivity (Wildman–Crippen MR) is 76.6 cm³/mol. The second-order valence-electron chi connectivity index (χ2n) is 4.98. The van der Waals surface area contributed by atoms with Crippen LogP contribution in [0.4, 0.5) is 0 Å². The highest BCUT2D eigenvalue weighted by atomic mass is 16.5. The van der Waals surface area contributed by atoms with Crippen LogP contribution in [0.5, 0.6) is 5.88 Å². The molecule has 0 saturated heterocycles. The van der Waals surface area contributed by atoms with Crippen LogP contribution in [0.15, 0.2) is 24.4 Å². The van der Waals surface area contributed by atoms with Gasteiger partial charge in [-0.3, -0.25) is 4.98 Å². The predicted octanol–water partition coefficient (Wildman–Crippen LogP) is 3.33. The molecule has 2 heterocycles. The molecule has 19 heavy (non-hydrogen) atoms. The van der Waals surface area contributed by atoms with Crippen LogP contribution in [0.1, 0.15) is 28.1 Å². The van der Waals surface area contributed by atoms with Crippen molar-refractivity contribution in [2.24, 2.45) is 0 Å². The number of hydrogen-bond donors (Lipinski definition) is 0. The summed E-state index contributed by atoms with van der Waals surface area (Å²) in [6.45, 7) is 8.82. The summed E-state index contributed by atoms with van der Waals surface area (Å²) >= 11 is 0. The Balaban J connectivity index is 1.94. The average Bonchev–Trinajstić information content (AvgIpc) is 2.32. The molecule has 100 valence electrons. The van der Waals surface area contributed by atoms with Crippen LogP contribution in [0.2, 0.25) is 0 Å². The van der Waals surface area contributed by atoms with Crippen LogP contribution < -0.4 is 4.74 Å². The molecule has 2 aromatic heterocycles. The molecule has 2 aromatic rings. The Morgan fingerprint density at radius 3 is 2.47 bits per heavy atom. The molecule has 2 rings (SSSR count). The Morgan fingerprint density at radius 1 is 1.00 bits per heavy atom. The number of hydrogen-bond acceptors (Lipinski definition) is 3. The van der Waals surface area contributed by atoms with E-state index in [1.807, 2.05) is 26.1 Å². The number of pyridine rings is 2. The molecule has 0 aromatic carbocycles. The minimum Gasteiger partial charge on any atom is -0.477 e. The van der Waals surface area contributed by atoms with Gasteiger partial charge in [-0.1, -0.05) is 0 Å². The van der Waals surface area contributed by atoms with Gasteiger partial charge in [-0.25, -0.2) is 4.98 Å². The second kappa shape index (κ2) is 5.83. The van der Waals surface area contributed by atoms with E-state index in [1.54, 1.807) is 0 Å². The molecule has 0 atom stereocenters. The lowest BCUT2D eigenvalue weighted by atomic mass is 10.2. The van der Waals surface area contributed by atoms with Crippen molar-refractivity contribution >= 4 is 0 Å². The van der Waals surface area contributed by atoms with E-state index in [-0.39, 0.29) is 0 Å². The summed E-state index contributed by atoms with van der Waals surface area (Å²) in [5.74, 6) is 0.687. The first-order valence-electron chi connectivity index (χ1n) is 6.55. The summed E-state index contributed by atoms with van der Waals surface area (Å²) in [7, 11) is 0. The number of aromatic nitrogens is 2. The Bertz CT molecular complexity index is 559. The Kier molecular flexibility index (Phi) is 4.15. The van der Waals surface area contributed by atoms with E-state index in [0.717, 1.165) is 17.8 Å². The number of rotatable bonds is 4. The molecule has 0 N–H and O–H groups in total. The van der Waals surface area contributed by atoms with Crippen molar-refractivity contribution in [2.75, 3.05) is 6.61 Å². The first-order chi connectivity index (χ1) is 9.04. The van der Waals surface area contributed by atoms with Crippen molar-refractivity contribution in [3.63, 3.8) is 0 Å². The Hall–Kier alpha value is -1.90. The standard InChI is InChI=1S/C16H20N2O/c1-11-7-14(4)18-15(8-11)5-6-19-16-9-12(2)13(3)10-17-16/h7-10H,5-6H2,1-4H3. The highest BCUT2D eigenvalue weighted by Crippen LogP contribution is 2.13. The van der Waals surface area contributed by atoms with Gasteiger partial charge in [0.15, 0.2) is 0 Å². The molecule has 0 spiro atoms. The van der Waals surface area contributed by atoms with Crippen molar-refractivity contribution in [3.8, 4) is 5.88 Å². The van der Waals surface area contributed by atoms with Crippen molar-refractivity contribution in [3.05, 3.63) is 52.5 Å². The molecule has 3 nitrogen and oxygen atoms in total. The molecule has 0 unspecified atom stereocenters. The molecule has 0 radical (unpaired) electrons. The minimum atomic E-state index is 0.603. The highest BCUT2D eigenvalue weighted by Gasteiger charge is 2.01. The van der Waals surface area contributed by atoms with Gasteiger partial charge >= 0.3 is 0 Å². The highest BCUT2D eigenvalue weighted by molar-refractivity contribution is 5.26. The van der Waals surface area contributed by atoms with Gasteiger partial charge < -0.3 is 4.74 Å². The van der Waals surface area contributed by atoms with Gasteiger partial charge in [-0.05, 0) is 56.5 Å². The average molecular weight is 256 g/mol. The summed E-state index contributed by atoms with van der Waals surface area (Å²) in [6.07, 6.45) is 2.65. The molecule has 0 fully saturated rings. The van der Waals surface area contributed by atoms with E-state index in [4.69, 9.17) is 4.74 Å². The van der Waals surface area contributed by atoms with Crippen molar-refractivity contribution in [2.45, 2.75) is 34.1 Å². The third kappa shape index (κ3) is 3.78. The van der Waals surface area contributed by atoms with Crippen molar-refractivity contribution in [1.82, 2.24) is 9.97 Å². The normalized spacial score (nSPS) is 10.5. The molecular formula is C16H20N2O. The van der Waals surface area contributed by atoms with Gasteiger partial charge in [0, 0.05) is 30.1 Å². The SMILES string of the molecule is Cc1cc(C)nc(CCOc2cc(C)c(C)cn2)c1. The first-order valence-corrected chi connectivity index (χ1v) is 6.55. The molecule has 0 aliphatic heterocycles. The van der Waals surface area contributed by atoms with Crippen LogP contribution in [0.25, 0.3) is 0 Å². The van der Waals surface area contributed by atoms with E-state index in [9.17, 15) is 0 Å². The fourth-order valence-electron chi connectivity index (χ4n) is 1.99. The van der Waals surface area contributed by atoms with Gasteiger partial charge in [-0.2, -0.15) is 0 Å². The fraction of sp³-hybridized carbons (Fsp3) is 0.375. The summed E-state index contributed by atoms with van der Waals surface area (Å²) in [6, 6.07) is 6.16. The zero-order valence-corrected chi connectivity index (χ0v) is 12.0. The third-order valence-corrected chi connectivity index (χ3v) is 3.11. The van der Waals surface area contributed by atoms with Gasteiger partial charge in [0.2, 0.25) is 5.88 Å². The van der Waals surface area contributed by atoms with E-state index in [2.05, 4.69) is 35.9 Å². The zero-order chi connectivity index (χ0) is 13.8. The smallest absolute Gasteiger partial charge is 0.213 e.